The van der Waals surface area contributed by atoms with Crippen LogP contribution in [-0.2, 0) is 0 Å². The molecule has 3 rings (SSSR count). The first kappa shape index (κ1) is 12.0. The summed E-state index contributed by atoms with van der Waals surface area (Å²) >= 11 is 8.58. The van der Waals surface area contributed by atoms with Gasteiger partial charge in [0.25, 0.3) is 0 Å². The molecule has 0 atom stereocenters. The van der Waals surface area contributed by atoms with Crippen molar-refractivity contribution in [3.63, 3.8) is 0 Å². The van der Waals surface area contributed by atoms with Crippen LogP contribution in [0.1, 0.15) is 5.56 Å². The van der Waals surface area contributed by atoms with Crippen LogP contribution in [0.4, 0.5) is 0 Å². The van der Waals surface area contributed by atoms with E-state index in [0.29, 0.717) is 21.7 Å². The van der Waals surface area contributed by atoms with Crippen LogP contribution in [0.15, 0.2) is 35.1 Å². The number of nitrogens with one attached hydrogen (secondary N) is 1. The molecule has 0 spiro atoms. The highest BCUT2D eigenvalue weighted by molar-refractivity contribution is 9.10. The fraction of sp³-hybridized carbons (Fsp3) is 0. The van der Waals surface area contributed by atoms with Gasteiger partial charge in [0, 0.05) is 10.0 Å². The molecular weight excluding hydrogens is 326 g/mol. The molecule has 1 N–H and O–H groups in total. The van der Waals surface area contributed by atoms with Crippen LogP contribution < -0.4 is 0 Å². The second-order valence-electron chi connectivity index (χ2n) is 3.81. The van der Waals surface area contributed by atoms with Gasteiger partial charge in [-0.1, -0.05) is 28.1 Å². The maximum Gasteiger partial charge on any atom is 0.207 e. The van der Waals surface area contributed by atoms with E-state index in [2.05, 4.69) is 37.2 Å². The van der Waals surface area contributed by atoms with Gasteiger partial charge in [0.2, 0.25) is 4.77 Å². The molecule has 1 aromatic carbocycles. The Balaban J connectivity index is 2.38. The first-order valence-electron chi connectivity index (χ1n) is 5.32. The van der Waals surface area contributed by atoms with Crippen molar-refractivity contribution in [2.75, 3.05) is 0 Å². The van der Waals surface area contributed by atoms with Crippen molar-refractivity contribution in [1.82, 2.24) is 19.6 Å². The number of H-pyrrole nitrogens is 1. The van der Waals surface area contributed by atoms with E-state index >= 15 is 0 Å². The SMILES string of the molecule is N#Cc1c(-c2ccc(Br)cc2)nc(=S)n2cn[nH]c12. The smallest absolute Gasteiger partial charge is 0.207 e. The molecule has 0 unspecified atom stereocenters. The topological polar surface area (TPSA) is 69.8 Å². The monoisotopic (exact) mass is 331 g/mol. The number of aromatic nitrogens is 4. The number of halogens is 1. The molecule has 0 amide bonds. The number of fused-ring (bicyclic) bond motifs is 1. The van der Waals surface area contributed by atoms with Crippen molar-refractivity contribution < 1.29 is 0 Å². The normalized spacial score (nSPS) is 10.5. The first-order chi connectivity index (χ1) is 9.20. The standard InChI is InChI=1S/C12H6BrN5S/c13-8-3-1-7(2-4-8)10-9(5-14)11-17-15-6-18(11)12(19)16-10/h1-4,6,17H. The van der Waals surface area contributed by atoms with Gasteiger partial charge in [0.15, 0.2) is 5.65 Å². The van der Waals surface area contributed by atoms with Crippen LogP contribution >= 0.6 is 28.1 Å². The maximum absolute atomic E-state index is 9.35. The summed E-state index contributed by atoms with van der Waals surface area (Å²) in [6.07, 6.45) is 1.51. The second-order valence-corrected chi connectivity index (χ2v) is 5.09. The molecule has 0 radical (unpaired) electrons. The van der Waals surface area contributed by atoms with E-state index < -0.39 is 0 Å². The molecule has 2 aromatic heterocycles. The minimum atomic E-state index is 0.362. The van der Waals surface area contributed by atoms with Gasteiger partial charge >= 0.3 is 0 Å². The Bertz CT molecular complexity index is 856. The lowest BCUT2D eigenvalue weighted by Crippen LogP contribution is -1.98. The van der Waals surface area contributed by atoms with E-state index in [1.54, 1.807) is 4.40 Å². The Morgan fingerprint density at radius 2 is 2.05 bits per heavy atom. The van der Waals surface area contributed by atoms with E-state index in [1.807, 2.05) is 24.3 Å². The quantitative estimate of drug-likeness (QED) is 0.695. The zero-order valence-electron chi connectivity index (χ0n) is 9.46. The molecule has 0 saturated heterocycles. The van der Waals surface area contributed by atoms with Gasteiger partial charge in [0.05, 0.1) is 5.69 Å². The van der Waals surface area contributed by atoms with Gasteiger partial charge in [-0.2, -0.15) is 10.4 Å². The fourth-order valence-electron chi connectivity index (χ4n) is 1.82. The molecule has 0 aliphatic carbocycles. The van der Waals surface area contributed by atoms with Gasteiger partial charge in [-0.25, -0.2) is 4.98 Å². The Morgan fingerprint density at radius 1 is 1.32 bits per heavy atom. The summed E-state index contributed by atoms with van der Waals surface area (Å²) < 4.78 is 2.90. The first-order valence-corrected chi connectivity index (χ1v) is 6.52. The average molecular weight is 332 g/mol. The molecule has 0 saturated carbocycles. The van der Waals surface area contributed by atoms with E-state index in [1.165, 1.54) is 6.33 Å². The third-order valence-electron chi connectivity index (χ3n) is 2.70. The molecule has 0 aliphatic heterocycles. The van der Waals surface area contributed by atoms with Crippen molar-refractivity contribution >= 4 is 33.8 Å². The van der Waals surface area contributed by atoms with Crippen LogP contribution in [0, 0.1) is 16.1 Å². The molecule has 5 nitrogen and oxygen atoms in total. The van der Waals surface area contributed by atoms with Crippen LogP contribution in [0.3, 0.4) is 0 Å². The van der Waals surface area contributed by atoms with E-state index in [-0.39, 0.29) is 0 Å². The van der Waals surface area contributed by atoms with Crippen LogP contribution in [0.2, 0.25) is 0 Å². The minimum Gasteiger partial charge on any atom is -0.260 e. The van der Waals surface area contributed by atoms with Crippen LogP contribution in [0.5, 0.6) is 0 Å². The predicted molar refractivity (Wildman–Crippen MR) is 76.0 cm³/mol. The summed E-state index contributed by atoms with van der Waals surface area (Å²) in [4.78, 5) is 4.32. The number of hydrogen-bond acceptors (Lipinski definition) is 4. The molecular formula is C12H6BrN5S. The van der Waals surface area contributed by atoms with Gasteiger partial charge in [-0.15, -0.1) is 0 Å². The van der Waals surface area contributed by atoms with Crippen LogP contribution in [0.25, 0.3) is 16.9 Å². The summed E-state index contributed by atoms with van der Waals surface area (Å²) in [5.41, 5.74) is 2.38. The number of rotatable bonds is 1. The molecule has 92 valence electrons. The summed E-state index contributed by atoms with van der Waals surface area (Å²) in [5, 5.41) is 16.0. The Hall–Kier alpha value is -2.04. The van der Waals surface area contributed by atoms with Crippen molar-refractivity contribution in [2.45, 2.75) is 0 Å². The number of nitrogens with zero attached hydrogens (tertiary/aromatic N) is 4. The number of benzene rings is 1. The predicted octanol–water partition coefficient (Wildman–Crippen LogP) is 3.09. The summed E-state index contributed by atoms with van der Waals surface area (Å²) in [5.74, 6) is 0. The summed E-state index contributed by atoms with van der Waals surface area (Å²) in [7, 11) is 0. The summed E-state index contributed by atoms with van der Waals surface area (Å²) in [6.45, 7) is 0. The van der Waals surface area contributed by atoms with Gasteiger partial charge in [-0.05, 0) is 24.4 Å². The third kappa shape index (κ3) is 1.95. The Morgan fingerprint density at radius 3 is 2.74 bits per heavy atom. The molecule has 0 bridgehead atoms. The lowest BCUT2D eigenvalue weighted by molar-refractivity contribution is 1.04. The molecule has 0 aliphatic rings. The molecule has 7 heteroatoms. The van der Waals surface area contributed by atoms with E-state index in [4.69, 9.17) is 12.2 Å². The molecule has 3 aromatic rings. The third-order valence-corrected chi connectivity index (χ3v) is 3.52. The highest BCUT2D eigenvalue weighted by atomic mass is 79.9. The van der Waals surface area contributed by atoms with Gasteiger partial charge in [0.1, 0.15) is 18.0 Å². The Kier molecular flexibility index (Phi) is 2.89. The second kappa shape index (κ2) is 4.57. The lowest BCUT2D eigenvalue weighted by atomic mass is 10.1. The number of aromatic amines is 1. The number of hydrogen-bond donors (Lipinski definition) is 1. The largest absolute Gasteiger partial charge is 0.260 e. The van der Waals surface area contributed by atoms with Crippen molar-refractivity contribution in [3.05, 3.63) is 45.4 Å². The van der Waals surface area contributed by atoms with Gasteiger partial charge < -0.3 is 0 Å². The van der Waals surface area contributed by atoms with Crippen LogP contribution in [-0.4, -0.2) is 19.6 Å². The molecule has 19 heavy (non-hydrogen) atoms. The van der Waals surface area contributed by atoms with E-state index in [0.717, 1.165) is 10.0 Å². The van der Waals surface area contributed by atoms with Gasteiger partial charge in [-0.3, -0.25) is 9.50 Å². The fourth-order valence-corrected chi connectivity index (χ4v) is 2.31. The minimum absolute atomic E-state index is 0.362. The van der Waals surface area contributed by atoms with Crippen molar-refractivity contribution in [1.29, 1.82) is 5.26 Å². The highest BCUT2D eigenvalue weighted by Gasteiger charge is 2.13. The zero-order chi connectivity index (χ0) is 13.4. The van der Waals surface area contributed by atoms with Crippen molar-refractivity contribution in [2.24, 2.45) is 0 Å². The molecule has 0 fully saturated rings. The summed E-state index contributed by atoms with van der Waals surface area (Å²) in [6, 6.07) is 9.71. The van der Waals surface area contributed by atoms with E-state index in [9.17, 15) is 5.26 Å². The maximum atomic E-state index is 9.35. The lowest BCUT2D eigenvalue weighted by Gasteiger charge is -2.05. The zero-order valence-corrected chi connectivity index (χ0v) is 11.9. The number of nitriles is 1. The highest BCUT2D eigenvalue weighted by Crippen LogP contribution is 2.25. The van der Waals surface area contributed by atoms with Crippen molar-refractivity contribution in [3.8, 4) is 17.3 Å². The molecule has 2 heterocycles. The Labute approximate surface area is 121 Å². The average Bonchev–Trinajstić information content (AvgIpc) is 2.89.